The number of likely N-dealkylation sites (tertiary alicyclic amines) is 1. The van der Waals surface area contributed by atoms with Crippen LogP contribution in [0, 0.1) is 0 Å². The van der Waals surface area contributed by atoms with E-state index in [1.807, 2.05) is 4.90 Å². The number of carbonyl (C=O) groups is 2. The number of rotatable bonds is 3. The number of hydrogen-bond donors (Lipinski definition) is 2. The molecule has 1 saturated carbocycles. The molecule has 0 atom stereocenters. The van der Waals surface area contributed by atoms with Gasteiger partial charge >= 0.3 is 0 Å². The maximum Gasteiger partial charge on any atom is 0.253 e. The Kier molecular flexibility index (Phi) is 7.47. The largest absolute Gasteiger partial charge is 0.339 e. The molecule has 1 aromatic rings. The zero-order valence-electron chi connectivity index (χ0n) is 15.3. The third-order valence-corrected chi connectivity index (χ3v) is 5.48. The van der Waals surface area contributed by atoms with E-state index in [4.69, 9.17) is 5.73 Å². The molecule has 3 rings (SSSR count). The van der Waals surface area contributed by atoms with Crippen LogP contribution < -0.4 is 11.1 Å². The van der Waals surface area contributed by atoms with Crippen molar-refractivity contribution in [3.8, 4) is 0 Å². The van der Waals surface area contributed by atoms with Gasteiger partial charge in [-0.3, -0.25) is 9.59 Å². The lowest BCUT2D eigenvalue weighted by atomic mass is 9.82. The molecule has 0 bridgehead atoms. The smallest absolute Gasteiger partial charge is 0.253 e. The predicted octanol–water partition coefficient (Wildman–Crippen LogP) is 3.72. The van der Waals surface area contributed by atoms with Crippen molar-refractivity contribution in [2.45, 2.75) is 63.3 Å². The highest BCUT2D eigenvalue weighted by Gasteiger charge is 2.35. The SMILES string of the molecule is Cl.NC1(C(=O)Nc2ccc(C(=O)N3CCCCCC3)cc2)CCCCC1. The summed E-state index contributed by atoms with van der Waals surface area (Å²) in [5.41, 5.74) is 6.90. The summed E-state index contributed by atoms with van der Waals surface area (Å²) in [4.78, 5) is 27.0. The fraction of sp³-hybridized carbons (Fsp3) is 0.600. The lowest BCUT2D eigenvalue weighted by molar-refractivity contribution is -0.122. The molecule has 2 aliphatic rings. The summed E-state index contributed by atoms with van der Waals surface area (Å²) in [5.74, 6) is -0.0267. The van der Waals surface area contributed by atoms with E-state index < -0.39 is 5.54 Å². The second-order valence-electron chi connectivity index (χ2n) is 7.45. The maximum absolute atomic E-state index is 12.6. The minimum absolute atomic E-state index is 0. The first-order valence-electron chi connectivity index (χ1n) is 9.58. The molecule has 1 aliphatic heterocycles. The number of carbonyl (C=O) groups excluding carboxylic acids is 2. The van der Waals surface area contributed by atoms with Crippen LogP contribution in [0.1, 0.15) is 68.1 Å². The van der Waals surface area contributed by atoms with Crippen LogP contribution in [0.2, 0.25) is 0 Å². The first-order chi connectivity index (χ1) is 12.1. The van der Waals surface area contributed by atoms with E-state index in [0.717, 1.165) is 58.0 Å². The van der Waals surface area contributed by atoms with E-state index in [1.54, 1.807) is 24.3 Å². The summed E-state index contributed by atoms with van der Waals surface area (Å²) < 4.78 is 0. The number of anilines is 1. The number of amides is 2. The molecular weight excluding hydrogens is 350 g/mol. The second kappa shape index (κ2) is 9.38. The number of hydrogen-bond acceptors (Lipinski definition) is 3. The molecule has 144 valence electrons. The zero-order valence-corrected chi connectivity index (χ0v) is 16.2. The Hall–Kier alpha value is -1.59. The third kappa shape index (κ3) is 4.98. The monoisotopic (exact) mass is 379 g/mol. The van der Waals surface area contributed by atoms with Crippen LogP contribution in [0.25, 0.3) is 0 Å². The van der Waals surface area contributed by atoms with Crippen LogP contribution in [-0.2, 0) is 4.79 Å². The molecule has 0 spiro atoms. The lowest BCUT2D eigenvalue weighted by Gasteiger charge is -2.31. The quantitative estimate of drug-likeness (QED) is 0.840. The molecule has 6 heteroatoms. The van der Waals surface area contributed by atoms with E-state index in [2.05, 4.69) is 5.32 Å². The van der Waals surface area contributed by atoms with E-state index in [1.165, 1.54) is 12.8 Å². The van der Waals surface area contributed by atoms with Crippen molar-refractivity contribution in [2.24, 2.45) is 5.73 Å². The van der Waals surface area contributed by atoms with E-state index >= 15 is 0 Å². The van der Waals surface area contributed by atoms with Crippen molar-refractivity contribution in [1.29, 1.82) is 0 Å². The fourth-order valence-corrected chi connectivity index (χ4v) is 3.82. The summed E-state index contributed by atoms with van der Waals surface area (Å²) in [7, 11) is 0. The summed E-state index contributed by atoms with van der Waals surface area (Å²) in [6, 6.07) is 7.20. The van der Waals surface area contributed by atoms with Gasteiger partial charge < -0.3 is 16.0 Å². The Bertz CT molecular complexity index is 604. The van der Waals surface area contributed by atoms with Crippen molar-refractivity contribution in [2.75, 3.05) is 18.4 Å². The van der Waals surface area contributed by atoms with Crippen molar-refractivity contribution < 1.29 is 9.59 Å². The topological polar surface area (TPSA) is 75.4 Å². The summed E-state index contributed by atoms with van der Waals surface area (Å²) in [5, 5.41) is 2.92. The Morgan fingerprint density at radius 3 is 2.00 bits per heavy atom. The standard InChI is InChI=1S/C20H29N3O2.ClH/c21-20(12-4-3-5-13-20)19(25)22-17-10-8-16(9-11-17)18(24)23-14-6-1-2-7-15-23;/h8-11H,1-7,12-15,21H2,(H,22,25);1H. The Labute approximate surface area is 162 Å². The molecule has 0 unspecified atom stereocenters. The van der Waals surface area contributed by atoms with Crippen molar-refractivity contribution in [3.05, 3.63) is 29.8 Å². The van der Waals surface area contributed by atoms with Crippen molar-refractivity contribution >= 4 is 29.9 Å². The zero-order chi connectivity index (χ0) is 17.7. The second-order valence-corrected chi connectivity index (χ2v) is 7.45. The Morgan fingerprint density at radius 1 is 0.885 bits per heavy atom. The maximum atomic E-state index is 12.6. The number of nitrogens with one attached hydrogen (secondary N) is 1. The van der Waals surface area contributed by atoms with Crippen molar-refractivity contribution in [3.63, 3.8) is 0 Å². The average Bonchev–Trinajstić information content (AvgIpc) is 2.92. The molecule has 1 aromatic carbocycles. The first kappa shape index (κ1) is 20.7. The highest BCUT2D eigenvalue weighted by atomic mass is 35.5. The summed E-state index contributed by atoms with van der Waals surface area (Å²) >= 11 is 0. The van der Waals surface area contributed by atoms with Gasteiger partial charge in [-0.05, 0) is 49.9 Å². The molecular formula is C20H30ClN3O2. The van der Waals surface area contributed by atoms with Crippen LogP contribution in [-0.4, -0.2) is 35.3 Å². The van der Waals surface area contributed by atoms with Gasteiger partial charge in [0.25, 0.3) is 5.91 Å². The highest BCUT2D eigenvalue weighted by Crippen LogP contribution is 2.27. The normalized spacial score (nSPS) is 19.8. The number of nitrogens with zero attached hydrogens (tertiary/aromatic N) is 1. The van der Waals surface area contributed by atoms with Gasteiger partial charge in [0.2, 0.25) is 5.91 Å². The number of benzene rings is 1. The third-order valence-electron chi connectivity index (χ3n) is 5.48. The predicted molar refractivity (Wildman–Crippen MR) is 107 cm³/mol. The fourth-order valence-electron chi connectivity index (χ4n) is 3.82. The van der Waals surface area contributed by atoms with Crippen LogP contribution in [0.5, 0.6) is 0 Å². The molecule has 1 heterocycles. The minimum Gasteiger partial charge on any atom is -0.339 e. The van der Waals surface area contributed by atoms with E-state index in [0.29, 0.717) is 11.3 Å². The van der Waals surface area contributed by atoms with Gasteiger partial charge in [-0.2, -0.15) is 0 Å². The molecule has 0 aromatic heterocycles. The molecule has 3 N–H and O–H groups in total. The van der Waals surface area contributed by atoms with Gasteiger partial charge in [-0.15, -0.1) is 12.4 Å². The van der Waals surface area contributed by atoms with E-state index in [9.17, 15) is 9.59 Å². The van der Waals surface area contributed by atoms with Gasteiger partial charge in [-0.25, -0.2) is 0 Å². The highest BCUT2D eigenvalue weighted by molar-refractivity contribution is 5.99. The summed E-state index contributed by atoms with van der Waals surface area (Å²) in [6.07, 6.45) is 9.22. The van der Waals surface area contributed by atoms with E-state index in [-0.39, 0.29) is 24.2 Å². The molecule has 26 heavy (non-hydrogen) atoms. The molecule has 2 fully saturated rings. The van der Waals surface area contributed by atoms with Gasteiger partial charge in [-0.1, -0.05) is 32.1 Å². The van der Waals surface area contributed by atoms with Gasteiger partial charge in [0, 0.05) is 24.3 Å². The molecule has 1 saturated heterocycles. The summed E-state index contributed by atoms with van der Waals surface area (Å²) in [6.45, 7) is 1.68. The van der Waals surface area contributed by atoms with Crippen molar-refractivity contribution in [1.82, 2.24) is 4.90 Å². The first-order valence-corrected chi connectivity index (χ1v) is 9.58. The Balaban J connectivity index is 0.00000243. The number of halogens is 1. The van der Waals surface area contributed by atoms with Crippen LogP contribution in [0.3, 0.4) is 0 Å². The van der Waals surface area contributed by atoms with Gasteiger partial charge in [0.05, 0.1) is 5.54 Å². The molecule has 2 amide bonds. The van der Waals surface area contributed by atoms with Crippen LogP contribution >= 0.6 is 12.4 Å². The Morgan fingerprint density at radius 2 is 1.42 bits per heavy atom. The minimum atomic E-state index is -0.751. The van der Waals surface area contributed by atoms with Gasteiger partial charge in [0.1, 0.15) is 0 Å². The van der Waals surface area contributed by atoms with Gasteiger partial charge in [0.15, 0.2) is 0 Å². The van der Waals surface area contributed by atoms with Crippen LogP contribution in [0.15, 0.2) is 24.3 Å². The molecule has 5 nitrogen and oxygen atoms in total. The number of nitrogens with two attached hydrogens (primary N) is 1. The molecule has 0 radical (unpaired) electrons. The molecule has 1 aliphatic carbocycles. The van der Waals surface area contributed by atoms with Crippen LogP contribution in [0.4, 0.5) is 5.69 Å². The average molecular weight is 380 g/mol. The lowest BCUT2D eigenvalue weighted by Crippen LogP contribution is -2.52.